The monoisotopic (exact) mass is 364 g/mol. The molecule has 0 aromatic heterocycles. The summed E-state index contributed by atoms with van der Waals surface area (Å²) in [7, 11) is 0. The van der Waals surface area contributed by atoms with Gasteiger partial charge in [-0.05, 0) is 25.5 Å². The molecular formula is C10H19NOPt. The van der Waals surface area contributed by atoms with Crippen molar-refractivity contribution in [3.63, 3.8) is 0 Å². The van der Waals surface area contributed by atoms with Crippen LogP contribution in [0.4, 0.5) is 0 Å². The van der Waals surface area contributed by atoms with Gasteiger partial charge in [0.05, 0.1) is 5.76 Å². The zero-order chi connectivity index (χ0) is 8.97. The van der Waals surface area contributed by atoms with Gasteiger partial charge in [0.1, 0.15) is 0 Å². The van der Waals surface area contributed by atoms with Crippen LogP contribution < -0.4 is 0 Å². The van der Waals surface area contributed by atoms with Gasteiger partial charge >= 0.3 is 0 Å². The van der Waals surface area contributed by atoms with Crippen LogP contribution in [0, 0.1) is 0 Å². The first-order valence-corrected chi connectivity index (χ1v) is 4.98. The van der Waals surface area contributed by atoms with Gasteiger partial charge < -0.3 is 5.11 Å². The maximum Gasteiger partial charge on any atom is 0.0911 e. The summed E-state index contributed by atoms with van der Waals surface area (Å²) >= 11 is 0. The van der Waals surface area contributed by atoms with Crippen molar-refractivity contribution in [2.75, 3.05) is 13.1 Å². The Balaban J connectivity index is 0.000000451. The number of rotatable bonds is 0. The van der Waals surface area contributed by atoms with Gasteiger partial charge in [-0.15, -0.1) is 0 Å². The predicted molar refractivity (Wildman–Crippen MR) is 51.3 cm³/mol. The van der Waals surface area contributed by atoms with Gasteiger partial charge in [-0.3, -0.25) is 4.90 Å². The van der Waals surface area contributed by atoms with Gasteiger partial charge in [-0.1, -0.05) is 13.8 Å². The van der Waals surface area contributed by atoms with Crippen LogP contribution in [0.1, 0.15) is 33.1 Å². The minimum absolute atomic E-state index is 0. The molecule has 1 saturated heterocycles. The second-order valence-corrected chi connectivity index (χ2v) is 3.19. The van der Waals surface area contributed by atoms with Crippen molar-refractivity contribution in [1.29, 1.82) is 0 Å². The number of nitrogens with zero attached hydrogens (tertiary/aromatic N) is 1. The van der Waals surface area contributed by atoms with Crippen LogP contribution in [-0.4, -0.2) is 29.1 Å². The summed E-state index contributed by atoms with van der Waals surface area (Å²) < 4.78 is 0. The molecule has 0 aliphatic carbocycles. The normalized spacial score (nSPS) is 26.3. The first kappa shape index (κ1) is 13.2. The molecule has 13 heavy (non-hydrogen) atoms. The summed E-state index contributed by atoms with van der Waals surface area (Å²) in [5.74, 6) is 0.600. The summed E-state index contributed by atoms with van der Waals surface area (Å²) in [6.45, 7) is 6.20. The quantitative estimate of drug-likeness (QED) is 0.713. The minimum Gasteiger partial charge on any atom is -0.513 e. The molecule has 1 atom stereocenters. The van der Waals surface area contributed by atoms with Crippen LogP contribution in [0.2, 0.25) is 0 Å². The van der Waals surface area contributed by atoms with Crippen LogP contribution in [0.25, 0.3) is 0 Å². The molecule has 2 aliphatic rings. The van der Waals surface area contributed by atoms with E-state index in [4.69, 9.17) is 0 Å². The van der Waals surface area contributed by atoms with Crippen molar-refractivity contribution in [3.8, 4) is 0 Å². The number of aliphatic hydroxyl groups is 1. The van der Waals surface area contributed by atoms with E-state index in [-0.39, 0.29) is 21.1 Å². The van der Waals surface area contributed by atoms with Crippen LogP contribution in [0.15, 0.2) is 11.8 Å². The molecule has 1 fully saturated rings. The Labute approximate surface area is 95.3 Å². The molecule has 0 radical (unpaired) electrons. The Morgan fingerprint density at radius 2 is 2.15 bits per heavy atom. The minimum atomic E-state index is 0. The van der Waals surface area contributed by atoms with Gasteiger partial charge in [-0.25, -0.2) is 0 Å². The number of hydrogen-bond acceptors (Lipinski definition) is 2. The van der Waals surface area contributed by atoms with Gasteiger partial charge in [0.2, 0.25) is 0 Å². The fraction of sp³-hybridized carbons (Fsp3) is 0.800. The van der Waals surface area contributed by atoms with Crippen molar-refractivity contribution >= 4 is 0 Å². The molecule has 0 saturated carbocycles. The smallest absolute Gasteiger partial charge is 0.0911 e. The summed E-state index contributed by atoms with van der Waals surface area (Å²) in [6.07, 6.45) is 5.41. The molecule has 2 rings (SSSR count). The van der Waals surface area contributed by atoms with Crippen LogP contribution >= 0.6 is 0 Å². The van der Waals surface area contributed by atoms with E-state index in [1.165, 1.54) is 19.4 Å². The Hall–Kier alpha value is 0.188. The van der Waals surface area contributed by atoms with E-state index in [0.29, 0.717) is 11.8 Å². The molecule has 0 aromatic rings. The van der Waals surface area contributed by atoms with Gasteiger partial charge in [0.15, 0.2) is 0 Å². The maximum atomic E-state index is 9.19. The van der Waals surface area contributed by atoms with E-state index in [1.54, 1.807) is 0 Å². The standard InChI is InChI=1S/C8H13NO.C2H6.Pt/c10-8-3-5-9-4-1-2-7(9)6-8;1-2;/h3,7,10H,1-2,4-6H2;1-2H3;. The van der Waals surface area contributed by atoms with Crippen molar-refractivity contribution in [2.24, 2.45) is 0 Å². The van der Waals surface area contributed by atoms with Crippen LogP contribution in [-0.2, 0) is 21.1 Å². The first-order valence-electron chi connectivity index (χ1n) is 4.98. The fourth-order valence-electron chi connectivity index (χ4n) is 1.91. The Kier molecular flexibility index (Phi) is 6.71. The molecule has 0 aromatic carbocycles. The van der Waals surface area contributed by atoms with E-state index >= 15 is 0 Å². The Morgan fingerprint density at radius 1 is 1.46 bits per heavy atom. The van der Waals surface area contributed by atoms with Crippen molar-refractivity contribution < 1.29 is 26.2 Å². The second-order valence-electron chi connectivity index (χ2n) is 3.19. The van der Waals surface area contributed by atoms with Gasteiger partial charge in [-0.2, -0.15) is 0 Å². The van der Waals surface area contributed by atoms with Crippen LogP contribution in [0.5, 0.6) is 0 Å². The molecule has 1 unspecified atom stereocenters. The van der Waals surface area contributed by atoms with Crippen molar-refractivity contribution in [1.82, 2.24) is 4.90 Å². The molecule has 0 bridgehead atoms. The number of hydrogen-bond donors (Lipinski definition) is 1. The summed E-state index contributed by atoms with van der Waals surface area (Å²) in [5, 5.41) is 9.19. The molecule has 3 heteroatoms. The van der Waals surface area contributed by atoms with E-state index < -0.39 is 0 Å². The molecule has 80 valence electrons. The van der Waals surface area contributed by atoms with Gasteiger partial charge in [0, 0.05) is 40.1 Å². The maximum absolute atomic E-state index is 9.19. The zero-order valence-electron chi connectivity index (χ0n) is 8.40. The number of fused-ring (bicyclic) bond motifs is 1. The Bertz CT molecular complexity index is 170. The first-order chi connectivity index (χ1) is 5.86. The van der Waals surface area contributed by atoms with Crippen molar-refractivity contribution in [2.45, 2.75) is 39.2 Å². The third-order valence-electron chi connectivity index (χ3n) is 2.51. The fourth-order valence-corrected chi connectivity index (χ4v) is 1.91. The largest absolute Gasteiger partial charge is 0.513 e. The SMILES string of the molecule is CC.OC1=CCN2CCCC2C1.[Pt]. The van der Waals surface area contributed by atoms with Crippen LogP contribution in [0.3, 0.4) is 0 Å². The summed E-state index contributed by atoms with van der Waals surface area (Å²) in [6, 6.07) is 0.657. The molecule has 2 nitrogen and oxygen atoms in total. The van der Waals surface area contributed by atoms with Crippen molar-refractivity contribution in [3.05, 3.63) is 11.8 Å². The second kappa shape index (κ2) is 6.61. The predicted octanol–water partition coefficient (Wildman–Crippen LogP) is 2.32. The summed E-state index contributed by atoms with van der Waals surface area (Å²) in [5.41, 5.74) is 0. The molecular weight excluding hydrogens is 345 g/mol. The summed E-state index contributed by atoms with van der Waals surface area (Å²) in [4.78, 5) is 2.44. The van der Waals surface area contributed by atoms with E-state index in [2.05, 4.69) is 4.90 Å². The van der Waals surface area contributed by atoms with E-state index in [0.717, 1.165) is 13.0 Å². The third-order valence-corrected chi connectivity index (χ3v) is 2.51. The Morgan fingerprint density at radius 3 is 2.85 bits per heavy atom. The average Bonchev–Trinajstić information content (AvgIpc) is 2.54. The molecule has 0 spiro atoms. The van der Waals surface area contributed by atoms with E-state index in [9.17, 15) is 5.11 Å². The molecule has 2 heterocycles. The molecule has 2 aliphatic heterocycles. The molecule has 0 amide bonds. The van der Waals surface area contributed by atoms with Gasteiger partial charge in [0.25, 0.3) is 0 Å². The van der Waals surface area contributed by atoms with E-state index in [1.807, 2.05) is 19.9 Å². The topological polar surface area (TPSA) is 23.5 Å². The third kappa shape index (κ3) is 3.44. The molecule has 1 N–H and O–H groups in total. The average molecular weight is 364 g/mol. The number of aliphatic hydroxyl groups excluding tert-OH is 1. The zero-order valence-corrected chi connectivity index (χ0v) is 10.7.